The second-order valence-electron chi connectivity index (χ2n) is 30.5. The van der Waals surface area contributed by atoms with Gasteiger partial charge in [0.15, 0.2) is 0 Å². The van der Waals surface area contributed by atoms with E-state index in [-0.39, 0.29) is 0 Å². The summed E-state index contributed by atoms with van der Waals surface area (Å²) in [6.07, 6.45) is 10.1. The Morgan fingerprint density at radius 2 is 0.798 bits per heavy atom. The first kappa shape index (κ1) is 69.4. The van der Waals surface area contributed by atoms with Crippen molar-refractivity contribution in [3.05, 3.63) is 394 Å². The molecule has 0 saturated carbocycles. The van der Waals surface area contributed by atoms with E-state index in [1.165, 1.54) is 63.3 Å². The molecule has 0 spiro atoms. The molecule has 0 atom stereocenters. The summed E-state index contributed by atoms with van der Waals surface area (Å²) in [5.41, 5.74) is 24.8. The van der Waals surface area contributed by atoms with E-state index in [1.807, 2.05) is 66.2 Å². The van der Waals surface area contributed by atoms with Crippen molar-refractivity contribution in [2.75, 3.05) is 0 Å². The molecule has 0 radical (unpaired) electrons. The number of nitrogens with zero attached hydrogens (tertiary/aromatic N) is 7. The lowest BCUT2D eigenvalue weighted by Crippen LogP contribution is -1.95. The van der Waals surface area contributed by atoms with Crippen molar-refractivity contribution in [3.63, 3.8) is 0 Å². The molecule has 119 heavy (non-hydrogen) atoms. The van der Waals surface area contributed by atoms with Crippen LogP contribution in [0.2, 0.25) is 0 Å². The molecule has 9 aromatic heterocycles. The third-order valence-corrected chi connectivity index (χ3v) is 26.0. The van der Waals surface area contributed by atoms with E-state index in [4.69, 9.17) is 31.5 Å². The van der Waals surface area contributed by atoms with Gasteiger partial charge in [0.05, 0.1) is 77.0 Å². The van der Waals surface area contributed by atoms with Gasteiger partial charge in [-0.25, -0.2) is 24.9 Å². The third-order valence-electron chi connectivity index (χ3n) is 23.7. The second kappa shape index (κ2) is 28.4. The van der Waals surface area contributed by atoms with Crippen molar-refractivity contribution in [1.82, 2.24) is 34.9 Å². The fourth-order valence-corrected chi connectivity index (χ4v) is 20.4. The maximum Gasteiger partial charge on any atom is 0.0978 e. The molecule has 0 amide bonds. The average Bonchev–Trinajstić information content (AvgIpc) is 1.71. The maximum absolute atomic E-state index is 5.82. The Bertz CT molecular complexity index is 8160. The van der Waals surface area contributed by atoms with Gasteiger partial charge in [0.2, 0.25) is 0 Å². The van der Waals surface area contributed by atoms with Crippen molar-refractivity contribution < 1.29 is 0 Å². The minimum atomic E-state index is 0.748. The van der Waals surface area contributed by atoms with Gasteiger partial charge in [0, 0.05) is 87.1 Å². The summed E-state index contributed by atoms with van der Waals surface area (Å²) in [6.45, 7) is 6.90. The predicted molar refractivity (Wildman–Crippen MR) is 504 cm³/mol. The quantitative estimate of drug-likeness (QED) is 0.0839. The van der Waals surface area contributed by atoms with E-state index in [0.29, 0.717) is 0 Å². The van der Waals surface area contributed by atoms with Gasteiger partial charge in [-0.3, -0.25) is 9.97 Å². The summed E-state index contributed by atoms with van der Waals surface area (Å²) in [5, 5.41) is 18.8. The fraction of sp³-hybridized carbons (Fsp3) is 0.00909. The Morgan fingerprint density at radius 1 is 0.277 bits per heavy atom. The molecule has 554 valence electrons. The molecule has 7 nitrogen and oxygen atoms in total. The van der Waals surface area contributed by atoms with Crippen LogP contribution in [0.15, 0.2) is 383 Å². The van der Waals surface area contributed by atoms with Crippen molar-refractivity contribution >= 4 is 161 Å². The predicted octanol–water partition coefficient (Wildman–Crippen LogP) is 30.1. The number of hydrogen-bond acceptors (Lipinski definition) is 9. The first-order valence-corrected chi connectivity index (χ1v) is 41.7. The number of allylic oxidation sites excluding steroid dienone is 5. The SMILES string of the molecule is C=C(/C=C\C(=C/C)c1nc2c(-c3ccc4c5ccccc5c5ccccc5c4c3)cccc2c2c1sc1ccccc12)c1ccc2c(-c3cccc4ccc(-c5cccc6c5nc(-c5ccc(-c7cccc(-c8cc(-c9ccccn9)nc(-c9ccccn9)c8)c7)cc5)c5sc7ccccc7c56)cc34)cc3ccc(-c4ccccc4)nc3c2n1. The Morgan fingerprint density at radius 3 is 1.47 bits per heavy atom. The van der Waals surface area contributed by atoms with Crippen molar-refractivity contribution in [3.8, 4) is 101 Å². The number of rotatable bonds is 13. The van der Waals surface area contributed by atoms with Crippen LogP contribution in [0.1, 0.15) is 18.3 Å². The molecule has 0 fully saturated rings. The van der Waals surface area contributed by atoms with E-state index in [9.17, 15) is 0 Å². The molecule has 0 aliphatic heterocycles. The zero-order valence-electron chi connectivity index (χ0n) is 64.4. The van der Waals surface area contributed by atoms with Crippen LogP contribution in [0.5, 0.6) is 0 Å². The normalized spacial score (nSPS) is 12.1. The van der Waals surface area contributed by atoms with Gasteiger partial charge in [-0.05, 0) is 197 Å². The Balaban J connectivity index is 0.621. The average molecular weight is 1550 g/mol. The van der Waals surface area contributed by atoms with E-state index in [2.05, 4.69) is 338 Å². The molecule has 0 aliphatic rings. The first-order valence-electron chi connectivity index (χ1n) is 40.1. The summed E-state index contributed by atoms with van der Waals surface area (Å²) in [5.74, 6) is 0. The third kappa shape index (κ3) is 11.8. The Labute approximate surface area is 692 Å². The van der Waals surface area contributed by atoms with E-state index in [1.54, 1.807) is 11.3 Å². The number of para-hydroxylation sites is 2. The van der Waals surface area contributed by atoms with Crippen LogP contribution in [-0.2, 0) is 0 Å². The van der Waals surface area contributed by atoms with Crippen LogP contribution in [0.25, 0.3) is 239 Å². The number of fused-ring (bicyclic) bond motifs is 20. The number of benzene rings is 14. The monoisotopic (exact) mass is 1550 g/mol. The zero-order chi connectivity index (χ0) is 78.8. The number of hydrogen-bond donors (Lipinski definition) is 0. The minimum Gasteiger partial charge on any atom is -0.255 e. The van der Waals surface area contributed by atoms with Crippen molar-refractivity contribution in [2.24, 2.45) is 0 Å². The highest BCUT2D eigenvalue weighted by Crippen LogP contribution is 2.49. The standard InChI is InChI=1S/C110H67N7S2/c1-3-66(104-109-101(86-32-11-13-41-99(86)118-109)88-37-22-35-78(106(88)116-104)74-51-53-84-81-30-8-7-28-79(81)80-29-9-10-31-82(80)91(84)61-74)44-43-65(2)93-56-54-85-92(62-75-52-55-94(69-23-5-4-6-24-69)115-103(75)108(85)114-93)83-36-20-25-68-47-50-73(60-90(68)83)77-34-21-38-89-102-87-33-12-14-42-100(87)119-110(102)105(117-107(77)89)70-48-45-67(46-49-70)71-26-19-27-72(59-71)76-63-97(95-39-15-17-57-111-95)113-98(64-76)96-40-16-18-58-112-96/h3-64H,2H2,1H3/b44-43-,66-3+. The number of thiophene rings is 2. The Hall–Kier alpha value is -15.1. The topological polar surface area (TPSA) is 90.2 Å². The molecule has 9 heteroatoms. The van der Waals surface area contributed by atoms with E-state index >= 15 is 0 Å². The van der Waals surface area contributed by atoms with Crippen molar-refractivity contribution in [2.45, 2.75) is 6.92 Å². The van der Waals surface area contributed by atoms with Crippen LogP contribution < -0.4 is 0 Å². The van der Waals surface area contributed by atoms with Gasteiger partial charge < -0.3 is 0 Å². The van der Waals surface area contributed by atoms with Gasteiger partial charge in [0.25, 0.3) is 0 Å². The van der Waals surface area contributed by atoms with Crippen LogP contribution >= 0.6 is 22.7 Å². The second-order valence-corrected chi connectivity index (χ2v) is 32.6. The highest BCUT2D eigenvalue weighted by atomic mass is 32.1. The highest BCUT2D eigenvalue weighted by Gasteiger charge is 2.24. The largest absolute Gasteiger partial charge is 0.255 e. The number of pyridine rings is 7. The molecule has 23 rings (SSSR count). The van der Waals surface area contributed by atoms with Crippen LogP contribution in [0, 0.1) is 0 Å². The van der Waals surface area contributed by atoms with Gasteiger partial charge in [0.1, 0.15) is 0 Å². The first-order chi connectivity index (χ1) is 58.8. The van der Waals surface area contributed by atoms with Crippen LogP contribution in [0.4, 0.5) is 0 Å². The summed E-state index contributed by atoms with van der Waals surface area (Å²) >= 11 is 3.61. The van der Waals surface area contributed by atoms with Gasteiger partial charge in [-0.1, -0.05) is 280 Å². The van der Waals surface area contributed by atoms with E-state index < -0.39 is 0 Å². The molecular weight excluding hydrogens is 1480 g/mol. The molecular formula is C110H67N7S2. The van der Waals surface area contributed by atoms with Crippen LogP contribution in [0.3, 0.4) is 0 Å². The summed E-state index contributed by atoms with van der Waals surface area (Å²) in [6, 6.07) is 124. The van der Waals surface area contributed by atoms with Crippen molar-refractivity contribution in [1.29, 1.82) is 0 Å². The summed E-state index contributed by atoms with van der Waals surface area (Å²) in [7, 11) is 0. The minimum absolute atomic E-state index is 0.748. The lowest BCUT2D eigenvalue weighted by atomic mass is 9.90. The molecule has 0 aliphatic carbocycles. The molecule has 0 saturated heterocycles. The highest BCUT2D eigenvalue weighted by molar-refractivity contribution is 7.26. The lowest BCUT2D eigenvalue weighted by Gasteiger charge is -2.16. The lowest BCUT2D eigenvalue weighted by molar-refractivity contribution is 1.22. The molecule has 0 N–H and O–H groups in total. The smallest absolute Gasteiger partial charge is 0.0978 e. The summed E-state index contributed by atoms with van der Waals surface area (Å²) in [4.78, 5) is 37.2. The Kier molecular flexibility index (Phi) is 16.6. The van der Waals surface area contributed by atoms with Gasteiger partial charge in [-0.2, -0.15) is 0 Å². The maximum atomic E-state index is 5.82. The molecule has 9 heterocycles. The fourth-order valence-electron chi connectivity index (χ4n) is 17.9. The summed E-state index contributed by atoms with van der Waals surface area (Å²) < 4.78 is 4.74. The molecule has 0 bridgehead atoms. The number of aromatic nitrogens is 7. The molecule has 14 aromatic carbocycles. The van der Waals surface area contributed by atoms with Gasteiger partial charge >= 0.3 is 0 Å². The zero-order valence-corrected chi connectivity index (χ0v) is 66.1. The van der Waals surface area contributed by atoms with Gasteiger partial charge in [-0.15, -0.1) is 22.7 Å². The molecule has 0 unspecified atom stereocenters. The van der Waals surface area contributed by atoms with E-state index in [0.717, 1.165) is 187 Å². The van der Waals surface area contributed by atoms with Crippen LogP contribution in [-0.4, -0.2) is 34.9 Å². The molecule has 23 aromatic rings.